The molecular formula is C128H168N4. The summed E-state index contributed by atoms with van der Waals surface area (Å²) in [4.78, 5) is 10.9. The number of aryl methyl sites for hydroxylation is 4. The van der Waals surface area contributed by atoms with Crippen LogP contribution in [0.5, 0.6) is 0 Å². The van der Waals surface area contributed by atoms with Crippen molar-refractivity contribution in [3.8, 4) is 11.1 Å². The highest BCUT2D eigenvalue weighted by molar-refractivity contribution is 6.08. The lowest BCUT2D eigenvalue weighted by molar-refractivity contribution is 0.296. The van der Waals surface area contributed by atoms with Crippen molar-refractivity contribution < 1.29 is 0 Å². The molecule has 0 aromatic heterocycles. The summed E-state index contributed by atoms with van der Waals surface area (Å²) in [7, 11) is 0. The second-order valence-electron chi connectivity index (χ2n) is 43.5. The molecule has 1 aliphatic carbocycles. The van der Waals surface area contributed by atoms with Gasteiger partial charge in [0, 0.05) is 0 Å². The van der Waals surface area contributed by atoms with Crippen molar-refractivity contribution in [2.75, 3.05) is 19.6 Å². The Hall–Kier alpha value is -9.90. The van der Waals surface area contributed by atoms with Crippen LogP contribution in [0.2, 0.25) is 0 Å². The van der Waals surface area contributed by atoms with E-state index in [0.717, 1.165) is 0 Å². The zero-order chi connectivity index (χ0) is 99.7. The molecule has 0 aliphatic heterocycles. The van der Waals surface area contributed by atoms with E-state index in [2.05, 4.69) is 407 Å². The van der Waals surface area contributed by atoms with Gasteiger partial charge < -0.3 is 19.6 Å². The summed E-state index contributed by atoms with van der Waals surface area (Å²) in [6.45, 7) is 133. The van der Waals surface area contributed by atoms with E-state index in [0.29, 0.717) is 0 Å². The predicted molar refractivity (Wildman–Crippen MR) is 587 cm³/mol. The Morgan fingerprint density at radius 2 is 0.189 bits per heavy atom. The molecule has 4 nitrogen and oxygen atoms in total. The Kier molecular flexibility index (Phi) is 26.6. The standard InChI is InChI=1S/C68H90N2.C60H78N2/c1-31-35(5)45(15)61(46(16)36(31)6)69(62-47(17)37(7)32(2)38(8)48(62)18)65-53(23)43(13)57-58-44(14)54(24)66(56(26)60(58)68(29,30)67(27,28)59(57)55(65)25)70(63-49(19)39(9)33(3)40(10)50(63)20)64-51(21)41(11)34(4)42(12)52(64)22;1-27-31(5)41(15)55(42(16)32(27)6)61(56-43(17)33(7)28(2)34(8)44(56)18)59-49(23)39(13)54-52(26)60(50(24)40(14)53(54)51(59)25)62(57-45(19)35(9)29(3)36(10)46(57)20)58-47(21)37(11)30(4)38(12)48(58)22/h1-30H3;1-26H3. The second kappa shape index (κ2) is 34.8. The summed E-state index contributed by atoms with van der Waals surface area (Å²) >= 11 is 0. The van der Waals surface area contributed by atoms with Crippen LogP contribution in [0.25, 0.3) is 21.9 Å². The van der Waals surface area contributed by atoms with E-state index in [1.54, 1.807) is 0 Å². The van der Waals surface area contributed by atoms with Crippen molar-refractivity contribution >= 4 is 79.0 Å². The van der Waals surface area contributed by atoms with Crippen LogP contribution in [-0.2, 0) is 10.8 Å². The highest BCUT2D eigenvalue weighted by Crippen LogP contribution is 2.65. The number of nitrogens with zero attached hydrogens (tertiary/aromatic N) is 4. The van der Waals surface area contributed by atoms with Gasteiger partial charge in [-0.15, -0.1) is 0 Å². The summed E-state index contributed by atoms with van der Waals surface area (Å²) < 4.78 is 0. The molecule has 1 aliphatic rings. The van der Waals surface area contributed by atoms with Gasteiger partial charge in [-0.3, -0.25) is 0 Å². The molecule has 0 heterocycles. The minimum absolute atomic E-state index is 0.259. The van der Waals surface area contributed by atoms with Gasteiger partial charge in [-0.1, -0.05) is 27.7 Å². The SMILES string of the molecule is Cc1c(C)c(C)c(N(c2c(C)c(C)c(C)c(C)c2C)c2c(C)c(C)c3c(C)c(N(c4c(C)c(C)c(C)c(C)c4C)c4c(C)c(C)c(C)c(C)c4C)c(C)c(C)c3c2C)c(C)c1C.Cc1c(C)c(C)c(N(c2c(C)c(C)c(C)c(C)c2C)c2c(C)c(C)c3c(c2C)C(C)(C)C(C)(C)c2c(C)c(N(c4c(C)c(C)c(C)c(C)c4C)c4c(C)c(C)c(C)c(C)c4C)c(C)c(C)c2-3)c(C)c1C. The number of fused-ring (bicyclic) bond motifs is 4. The van der Waals surface area contributed by atoms with Crippen LogP contribution in [0.15, 0.2) is 0 Å². The summed E-state index contributed by atoms with van der Waals surface area (Å²) in [5.41, 5.74) is 92.6. The highest BCUT2D eigenvalue weighted by atomic mass is 15.2. The molecule has 0 N–H and O–H groups in total. The molecule has 0 saturated carbocycles. The maximum Gasteiger partial charge on any atom is 0.0529 e. The fourth-order valence-electron chi connectivity index (χ4n) is 25.1. The summed E-state index contributed by atoms with van der Waals surface area (Å²) in [6.07, 6.45) is 0. The van der Waals surface area contributed by atoms with Crippen LogP contribution in [0, 0.1) is 360 Å². The van der Waals surface area contributed by atoms with E-state index < -0.39 is 0 Å². The minimum Gasteiger partial charge on any atom is -0.309 e. The monoisotopic (exact) mass is 1760 g/mol. The lowest BCUT2D eigenvalue weighted by Gasteiger charge is -2.52. The van der Waals surface area contributed by atoms with E-state index in [9.17, 15) is 0 Å². The zero-order valence-corrected chi connectivity index (χ0v) is 93.8. The quantitative estimate of drug-likeness (QED) is 0.121. The molecule has 0 fully saturated rings. The first kappa shape index (κ1) is 101. The topological polar surface area (TPSA) is 13.0 Å². The molecular weight excluding hydrogens is 1590 g/mol. The summed E-state index contributed by atoms with van der Waals surface area (Å²) in [6, 6.07) is 0. The van der Waals surface area contributed by atoms with Crippen LogP contribution in [0.1, 0.15) is 328 Å². The molecule has 700 valence electrons. The first-order valence-electron chi connectivity index (χ1n) is 49.4. The van der Waals surface area contributed by atoms with Gasteiger partial charge in [-0.05, 0) is 693 Å². The van der Waals surface area contributed by atoms with Crippen molar-refractivity contribution in [1.82, 2.24) is 0 Å². The molecule has 12 aromatic rings. The number of rotatable bonds is 12. The molecule has 0 bridgehead atoms. The third-order valence-electron chi connectivity index (χ3n) is 38.3. The number of benzene rings is 12. The molecule has 4 heteroatoms. The van der Waals surface area contributed by atoms with E-state index in [1.807, 2.05) is 0 Å². The summed E-state index contributed by atoms with van der Waals surface area (Å²) in [5.74, 6) is 0. The van der Waals surface area contributed by atoms with Crippen LogP contribution >= 0.6 is 0 Å². The fraction of sp³-hybridized carbons (Fsp3) is 0.453. The van der Waals surface area contributed by atoms with E-state index in [-0.39, 0.29) is 10.8 Å². The smallest absolute Gasteiger partial charge is 0.0529 e. The maximum absolute atomic E-state index is 2.75. The highest BCUT2D eigenvalue weighted by Gasteiger charge is 2.51. The number of hydrogen-bond donors (Lipinski definition) is 0. The Morgan fingerprint density at radius 3 is 0.318 bits per heavy atom. The molecule has 0 amide bonds. The van der Waals surface area contributed by atoms with Gasteiger partial charge in [0.05, 0.1) is 68.2 Å². The van der Waals surface area contributed by atoms with Gasteiger partial charge in [-0.2, -0.15) is 0 Å². The zero-order valence-electron chi connectivity index (χ0n) is 93.8. The minimum atomic E-state index is -0.259. The van der Waals surface area contributed by atoms with Crippen molar-refractivity contribution in [3.63, 3.8) is 0 Å². The molecule has 0 radical (unpaired) electrons. The maximum atomic E-state index is 2.75. The van der Waals surface area contributed by atoms with Crippen LogP contribution in [0.4, 0.5) is 68.2 Å². The summed E-state index contributed by atoms with van der Waals surface area (Å²) in [5, 5.41) is 2.76. The van der Waals surface area contributed by atoms with Crippen LogP contribution in [0.3, 0.4) is 0 Å². The Balaban J connectivity index is 0.000000240. The number of anilines is 12. The van der Waals surface area contributed by atoms with Crippen molar-refractivity contribution in [1.29, 1.82) is 0 Å². The van der Waals surface area contributed by atoms with Gasteiger partial charge in [0.1, 0.15) is 0 Å². The second-order valence-corrected chi connectivity index (χ2v) is 43.5. The largest absolute Gasteiger partial charge is 0.309 e. The van der Waals surface area contributed by atoms with E-state index in [1.165, 1.54) is 391 Å². The van der Waals surface area contributed by atoms with Gasteiger partial charge in [-0.25, -0.2) is 0 Å². The van der Waals surface area contributed by atoms with Crippen molar-refractivity contribution in [2.45, 2.75) is 399 Å². The van der Waals surface area contributed by atoms with Crippen molar-refractivity contribution in [2.24, 2.45) is 0 Å². The lowest BCUT2D eigenvalue weighted by atomic mass is 9.52. The Labute approximate surface area is 803 Å². The van der Waals surface area contributed by atoms with E-state index in [4.69, 9.17) is 0 Å². The Morgan fingerprint density at radius 1 is 0.0985 bits per heavy atom. The molecule has 132 heavy (non-hydrogen) atoms. The Bertz CT molecular complexity index is 6150. The molecule has 12 aromatic carbocycles. The number of hydrogen-bond acceptors (Lipinski definition) is 4. The first-order valence-corrected chi connectivity index (χ1v) is 49.4. The average Bonchev–Trinajstić information content (AvgIpc) is 0.675. The third-order valence-corrected chi connectivity index (χ3v) is 38.3. The van der Waals surface area contributed by atoms with Crippen LogP contribution in [-0.4, -0.2) is 0 Å². The molecule has 0 spiro atoms. The van der Waals surface area contributed by atoms with Gasteiger partial charge in [0.2, 0.25) is 0 Å². The van der Waals surface area contributed by atoms with E-state index >= 15 is 0 Å². The van der Waals surface area contributed by atoms with Gasteiger partial charge >= 0.3 is 0 Å². The van der Waals surface area contributed by atoms with Gasteiger partial charge in [0.25, 0.3) is 0 Å². The fourth-order valence-corrected chi connectivity index (χ4v) is 25.1. The van der Waals surface area contributed by atoms with Crippen molar-refractivity contribution in [3.05, 3.63) is 300 Å². The molecule has 0 saturated heterocycles. The van der Waals surface area contributed by atoms with Crippen LogP contribution < -0.4 is 19.6 Å². The first-order chi connectivity index (χ1) is 60.8. The molecule has 13 rings (SSSR count). The van der Waals surface area contributed by atoms with Gasteiger partial charge in [0.15, 0.2) is 0 Å². The average molecular weight is 1760 g/mol. The third kappa shape index (κ3) is 14.1. The lowest BCUT2D eigenvalue weighted by Crippen LogP contribution is -2.45. The normalized spacial score (nSPS) is 12.8. The molecule has 0 unspecified atom stereocenters. The predicted octanol–water partition coefficient (Wildman–Crippen LogP) is 37.7. The molecule has 0 atom stereocenters.